The normalized spacial score (nSPS) is 12.0. The fraction of sp³-hybridized carbons (Fsp3) is 0.667. The second-order valence-corrected chi connectivity index (χ2v) is 4.98. The average Bonchev–Trinajstić information content (AvgIpc) is 2.45. The zero-order valence-corrected chi connectivity index (χ0v) is 10.9. The van der Waals surface area contributed by atoms with E-state index in [9.17, 15) is 0 Å². The molecule has 0 radical (unpaired) electrons. The van der Waals surface area contributed by atoms with E-state index in [-0.39, 0.29) is 5.60 Å². The first-order valence-electron chi connectivity index (χ1n) is 4.48. The van der Waals surface area contributed by atoms with Gasteiger partial charge in [-0.05, 0) is 42.9 Å². The predicted molar refractivity (Wildman–Crippen MR) is 65.1 cm³/mol. The van der Waals surface area contributed by atoms with Crippen LogP contribution in [0.5, 0.6) is 0 Å². The Labute approximate surface area is 97.9 Å². The molecule has 0 saturated heterocycles. The van der Waals surface area contributed by atoms with Crippen molar-refractivity contribution in [3.05, 3.63) is 9.77 Å². The third kappa shape index (κ3) is 2.84. The first kappa shape index (κ1) is 11.8. The van der Waals surface area contributed by atoms with Crippen LogP contribution in [-0.2, 0) is 11.3 Å². The van der Waals surface area contributed by atoms with Crippen LogP contribution in [0.2, 0.25) is 0 Å². The minimum atomic E-state index is -0.121. The number of hydrogen-bond acceptors (Lipinski definition) is 3. The molecule has 0 unspecified atom stereocenters. The number of anilines is 1. The molecule has 0 aliphatic carbocycles. The van der Waals surface area contributed by atoms with Crippen molar-refractivity contribution in [1.82, 2.24) is 9.78 Å². The number of nitrogens with zero attached hydrogens (tertiary/aromatic N) is 2. The Balaban J connectivity index is 2.58. The van der Waals surface area contributed by atoms with Crippen LogP contribution in [0.1, 0.15) is 20.3 Å². The lowest BCUT2D eigenvalue weighted by Crippen LogP contribution is -2.25. The van der Waals surface area contributed by atoms with Gasteiger partial charge in [-0.2, -0.15) is 5.10 Å². The Morgan fingerprint density at radius 3 is 2.71 bits per heavy atom. The number of halogens is 1. The molecule has 80 valence electrons. The SMILES string of the molecule is COC(C)(C)CCn1ncc(I)c1N. The van der Waals surface area contributed by atoms with E-state index in [1.165, 1.54) is 0 Å². The standard InChI is InChI=1S/C9H16IN3O/c1-9(2,14-3)4-5-13-8(11)7(10)6-12-13/h6H,4-5,11H2,1-3H3. The van der Waals surface area contributed by atoms with Gasteiger partial charge in [0, 0.05) is 13.7 Å². The monoisotopic (exact) mass is 309 g/mol. The second-order valence-electron chi connectivity index (χ2n) is 3.81. The third-order valence-electron chi connectivity index (χ3n) is 2.31. The van der Waals surface area contributed by atoms with Gasteiger partial charge in [-0.15, -0.1) is 0 Å². The van der Waals surface area contributed by atoms with E-state index < -0.39 is 0 Å². The van der Waals surface area contributed by atoms with Gasteiger partial charge in [0.25, 0.3) is 0 Å². The molecule has 0 spiro atoms. The summed E-state index contributed by atoms with van der Waals surface area (Å²) in [4.78, 5) is 0. The zero-order chi connectivity index (χ0) is 10.8. The quantitative estimate of drug-likeness (QED) is 0.864. The van der Waals surface area contributed by atoms with Crippen molar-refractivity contribution in [1.29, 1.82) is 0 Å². The second kappa shape index (κ2) is 4.48. The van der Waals surface area contributed by atoms with E-state index >= 15 is 0 Å². The van der Waals surface area contributed by atoms with Gasteiger partial charge in [-0.3, -0.25) is 0 Å². The Morgan fingerprint density at radius 1 is 1.64 bits per heavy atom. The third-order valence-corrected chi connectivity index (χ3v) is 3.14. The van der Waals surface area contributed by atoms with Crippen LogP contribution in [-0.4, -0.2) is 22.5 Å². The number of nitrogens with two attached hydrogens (primary N) is 1. The summed E-state index contributed by atoms with van der Waals surface area (Å²) >= 11 is 2.18. The van der Waals surface area contributed by atoms with Crippen LogP contribution in [0, 0.1) is 3.57 Å². The van der Waals surface area contributed by atoms with E-state index in [1.54, 1.807) is 13.3 Å². The van der Waals surface area contributed by atoms with Gasteiger partial charge in [0.05, 0.1) is 15.4 Å². The Kier molecular flexibility index (Phi) is 3.77. The lowest BCUT2D eigenvalue weighted by atomic mass is 10.1. The zero-order valence-electron chi connectivity index (χ0n) is 8.75. The molecule has 0 atom stereocenters. The summed E-state index contributed by atoms with van der Waals surface area (Å²) < 4.78 is 8.13. The molecule has 4 nitrogen and oxygen atoms in total. The lowest BCUT2D eigenvalue weighted by Gasteiger charge is -2.22. The Morgan fingerprint density at radius 2 is 2.29 bits per heavy atom. The van der Waals surface area contributed by atoms with Crippen molar-refractivity contribution < 1.29 is 4.74 Å². The van der Waals surface area contributed by atoms with E-state index in [4.69, 9.17) is 10.5 Å². The van der Waals surface area contributed by atoms with Crippen molar-refractivity contribution in [2.45, 2.75) is 32.4 Å². The maximum atomic E-state index is 5.83. The maximum Gasteiger partial charge on any atom is 0.135 e. The first-order chi connectivity index (χ1) is 6.46. The highest BCUT2D eigenvalue weighted by molar-refractivity contribution is 14.1. The summed E-state index contributed by atoms with van der Waals surface area (Å²) in [5.74, 6) is 0.734. The van der Waals surface area contributed by atoms with E-state index in [2.05, 4.69) is 41.5 Å². The molecule has 0 aliphatic heterocycles. The molecule has 0 bridgehead atoms. The van der Waals surface area contributed by atoms with Crippen molar-refractivity contribution in [3.8, 4) is 0 Å². The molecule has 1 aromatic rings. The maximum absolute atomic E-state index is 5.83. The molecule has 0 aromatic carbocycles. The fourth-order valence-corrected chi connectivity index (χ4v) is 1.43. The number of ether oxygens (including phenoxy) is 1. The average molecular weight is 309 g/mol. The van der Waals surface area contributed by atoms with Gasteiger partial charge < -0.3 is 10.5 Å². The van der Waals surface area contributed by atoms with Crippen molar-refractivity contribution >= 4 is 28.4 Å². The van der Waals surface area contributed by atoms with Gasteiger partial charge in [-0.1, -0.05) is 0 Å². The largest absolute Gasteiger partial charge is 0.383 e. The molecular formula is C9H16IN3O. The predicted octanol–water partition coefficient (Wildman–Crippen LogP) is 1.89. The summed E-state index contributed by atoms with van der Waals surface area (Å²) in [6.07, 6.45) is 2.67. The fourth-order valence-electron chi connectivity index (χ4n) is 1.03. The van der Waals surface area contributed by atoms with Crippen molar-refractivity contribution in [2.24, 2.45) is 0 Å². The van der Waals surface area contributed by atoms with Crippen LogP contribution in [0.4, 0.5) is 5.82 Å². The number of methoxy groups -OCH3 is 1. The summed E-state index contributed by atoms with van der Waals surface area (Å²) in [7, 11) is 1.72. The highest BCUT2D eigenvalue weighted by Gasteiger charge is 2.17. The Bertz CT molecular complexity index is 309. The van der Waals surface area contributed by atoms with E-state index in [0.29, 0.717) is 0 Å². The number of aryl methyl sites for hydroxylation is 1. The van der Waals surface area contributed by atoms with Gasteiger partial charge >= 0.3 is 0 Å². The molecule has 14 heavy (non-hydrogen) atoms. The summed E-state index contributed by atoms with van der Waals surface area (Å²) in [6.45, 7) is 4.89. The van der Waals surface area contributed by atoms with Crippen molar-refractivity contribution in [2.75, 3.05) is 12.8 Å². The van der Waals surface area contributed by atoms with Gasteiger partial charge in [0.2, 0.25) is 0 Å². The van der Waals surface area contributed by atoms with E-state index in [1.807, 2.05) is 4.68 Å². The molecule has 0 amide bonds. The molecule has 0 fully saturated rings. The van der Waals surface area contributed by atoms with Crippen LogP contribution >= 0.6 is 22.6 Å². The van der Waals surface area contributed by atoms with E-state index in [0.717, 1.165) is 22.4 Å². The molecule has 1 rings (SSSR count). The smallest absolute Gasteiger partial charge is 0.135 e. The molecule has 5 heteroatoms. The molecule has 2 N–H and O–H groups in total. The molecule has 1 heterocycles. The molecule has 0 aliphatic rings. The summed E-state index contributed by atoms with van der Waals surface area (Å²) in [6, 6.07) is 0. The van der Waals surface area contributed by atoms with Crippen LogP contribution in [0.25, 0.3) is 0 Å². The van der Waals surface area contributed by atoms with Crippen LogP contribution in [0.15, 0.2) is 6.20 Å². The summed E-state index contributed by atoms with van der Waals surface area (Å²) in [5, 5.41) is 4.18. The number of nitrogen functional groups attached to an aromatic ring is 1. The first-order valence-corrected chi connectivity index (χ1v) is 5.56. The highest BCUT2D eigenvalue weighted by atomic mass is 127. The minimum Gasteiger partial charge on any atom is -0.383 e. The molecule has 0 saturated carbocycles. The minimum absolute atomic E-state index is 0.121. The number of rotatable bonds is 4. The van der Waals surface area contributed by atoms with Crippen molar-refractivity contribution in [3.63, 3.8) is 0 Å². The lowest BCUT2D eigenvalue weighted by molar-refractivity contribution is 0.0114. The van der Waals surface area contributed by atoms with Gasteiger partial charge in [0.1, 0.15) is 5.82 Å². The highest BCUT2D eigenvalue weighted by Crippen LogP contribution is 2.18. The van der Waals surface area contributed by atoms with Crippen LogP contribution in [0.3, 0.4) is 0 Å². The van der Waals surface area contributed by atoms with Gasteiger partial charge in [-0.25, -0.2) is 4.68 Å². The summed E-state index contributed by atoms with van der Waals surface area (Å²) in [5.41, 5.74) is 5.70. The molecular weight excluding hydrogens is 293 g/mol. The number of hydrogen-bond donors (Lipinski definition) is 1. The topological polar surface area (TPSA) is 53.1 Å². The Hall–Kier alpha value is -0.300. The van der Waals surface area contributed by atoms with Crippen LogP contribution < -0.4 is 5.73 Å². The van der Waals surface area contributed by atoms with Gasteiger partial charge in [0.15, 0.2) is 0 Å². The number of aromatic nitrogens is 2. The molecule has 1 aromatic heterocycles.